The van der Waals surface area contributed by atoms with Crippen molar-refractivity contribution in [3.8, 4) is 0 Å². The summed E-state index contributed by atoms with van der Waals surface area (Å²) in [6.45, 7) is 1.94. The van der Waals surface area contributed by atoms with E-state index in [1.165, 1.54) is 17.8 Å². The Morgan fingerprint density at radius 1 is 1.60 bits per heavy atom. The molecule has 0 spiro atoms. The van der Waals surface area contributed by atoms with Crippen LogP contribution in [0.4, 0.5) is 10.1 Å². The minimum absolute atomic E-state index is 0.0725. The first-order valence-corrected chi connectivity index (χ1v) is 5.84. The van der Waals surface area contributed by atoms with Crippen LogP contribution in [0.3, 0.4) is 0 Å². The molecule has 1 heterocycles. The Kier molecular flexibility index (Phi) is 2.89. The third-order valence-electron chi connectivity index (χ3n) is 2.21. The fourth-order valence-corrected chi connectivity index (χ4v) is 2.70. The molecule has 0 fully saturated rings. The second-order valence-corrected chi connectivity index (χ2v) is 4.92. The van der Waals surface area contributed by atoms with E-state index >= 15 is 0 Å². The smallest absolute Gasteiger partial charge is 0.237 e. The van der Waals surface area contributed by atoms with Crippen molar-refractivity contribution in [1.82, 2.24) is 0 Å². The highest BCUT2D eigenvalue weighted by Gasteiger charge is 2.26. The summed E-state index contributed by atoms with van der Waals surface area (Å²) in [5.74, 6) is -0.581. The lowest BCUT2D eigenvalue weighted by molar-refractivity contribution is -0.115. The lowest BCUT2D eigenvalue weighted by Gasteiger charge is -2.23. The molecule has 0 radical (unpaired) electrons. The SMILES string of the molecule is CCC1Sc2cc(Cl)c(F)cc2NC1=O. The molecule has 2 rings (SSSR count). The number of amides is 1. The van der Waals surface area contributed by atoms with E-state index in [9.17, 15) is 9.18 Å². The lowest BCUT2D eigenvalue weighted by atomic mass is 10.2. The van der Waals surface area contributed by atoms with Gasteiger partial charge in [-0.1, -0.05) is 18.5 Å². The molecule has 1 N–H and O–H groups in total. The first kappa shape index (κ1) is 10.8. The zero-order valence-electron chi connectivity index (χ0n) is 8.01. The Hall–Kier alpha value is -0.740. The molecule has 1 aromatic rings. The Labute approximate surface area is 96.2 Å². The standard InChI is InChI=1S/C10H9ClFNOS/c1-2-8-10(14)13-7-4-6(12)5(11)3-9(7)15-8/h3-4,8H,2H2,1H3,(H,13,14). The Bertz CT molecular complexity index is 424. The van der Waals surface area contributed by atoms with Gasteiger partial charge in [0.2, 0.25) is 5.91 Å². The highest BCUT2D eigenvalue weighted by atomic mass is 35.5. The molecular weight excluding hydrogens is 237 g/mol. The molecule has 0 bridgehead atoms. The molecule has 0 saturated carbocycles. The van der Waals surface area contributed by atoms with E-state index in [1.54, 1.807) is 6.07 Å². The fraction of sp³-hybridized carbons (Fsp3) is 0.300. The maximum Gasteiger partial charge on any atom is 0.237 e. The zero-order chi connectivity index (χ0) is 11.0. The summed E-state index contributed by atoms with van der Waals surface area (Å²) in [6.07, 6.45) is 0.741. The van der Waals surface area contributed by atoms with E-state index in [1.807, 2.05) is 6.92 Å². The second-order valence-electron chi connectivity index (χ2n) is 3.27. The maximum absolute atomic E-state index is 13.1. The highest BCUT2D eigenvalue weighted by molar-refractivity contribution is 8.01. The van der Waals surface area contributed by atoms with Crippen molar-refractivity contribution < 1.29 is 9.18 Å². The summed E-state index contributed by atoms with van der Waals surface area (Å²) in [7, 11) is 0. The van der Waals surface area contributed by atoms with Crippen LogP contribution in [0.5, 0.6) is 0 Å². The first-order chi connectivity index (χ1) is 7.11. The number of hydrogen-bond acceptors (Lipinski definition) is 2. The van der Waals surface area contributed by atoms with Crippen molar-refractivity contribution in [3.05, 3.63) is 23.0 Å². The van der Waals surface area contributed by atoms with Crippen LogP contribution >= 0.6 is 23.4 Å². The summed E-state index contributed by atoms with van der Waals surface area (Å²) in [4.78, 5) is 12.3. The van der Waals surface area contributed by atoms with Gasteiger partial charge in [-0.05, 0) is 12.5 Å². The largest absolute Gasteiger partial charge is 0.324 e. The predicted molar refractivity (Wildman–Crippen MR) is 60.0 cm³/mol. The number of carbonyl (C=O) groups excluding carboxylic acids is 1. The van der Waals surface area contributed by atoms with Gasteiger partial charge in [0.25, 0.3) is 0 Å². The minimum atomic E-state index is -0.508. The summed E-state index contributed by atoms with van der Waals surface area (Å²) >= 11 is 7.10. The topological polar surface area (TPSA) is 29.1 Å². The van der Waals surface area contributed by atoms with E-state index in [0.717, 1.165) is 11.3 Å². The molecule has 1 unspecified atom stereocenters. The molecule has 1 atom stereocenters. The van der Waals surface area contributed by atoms with Gasteiger partial charge in [0.05, 0.1) is 16.0 Å². The molecule has 1 aromatic carbocycles. The monoisotopic (exact) mass is 245 g/mol. The number of rotatable bonds is 1. The van der Waals surface area contributed by atoms with Crippen molar-refractivity contribution in [3.63, 3.8) is 0 Å². The number of halogens is 2. The molecule has 1 amide bonds. The van der Waals surface area contributed by atoms with E-state index in [2.05, 4.69) is 5.32 Å². The average molecular weight is 246 g/mol. The fourth-order valence-electron chi connectivity index (χ4n) is 1.41. The van der Waals surface area contributed by atoms with Gasteiger partial charge in [-0.15, -0.1) is 11.8 Å². The number of nitrogens with one attached hydrogen (secondary N) is 1. The van der Waals surface area contributed by atoms with Crippen LogP contribution in [0.25, 0.3) is 0 Å². The van der Waals surface area contributed by atoms with Crippen molar-refractivity contribution in [2.75, 3.05) is 5.32 Å². The van der Waals surface area contributed by atoms with Gasteiger partial charge in [0.15, 0.2) is 0 Å². The average Bonchev–Trinajstić information content (AvgIpc) is 2.20. The van der Waals surface area contributed by atoms with Gasteiger partial charge in [0, 0.05) is 11.0 Å². The minimum Gasteiger partial charge on any atom is -0.324 e. The van der Waals surface area contributed by atoms with Crippen LogP contribution in [0.2, 0.25) is 5.02 Å². The molecule has 0 aliphatic carbocycles. The summed E-state index contributed by atoms with van der Waals surface area (Å²) < 4.78 is 13.1. The van der Waals surface area contributed by atoms with Crippen LogP contribution in [0.1, 0.15) is 13.3 Å². The van der Waals surface area contributed by atoms with Gasteiger partial charge in [-0.3, -0.25) is 4.79 Å². The van der Waals surface area contributed by atoms with Gasteiger partial charge >= 0.3 is 0 Å². The molecule has 0 saturated heterocycles. The highest BCUT2D eigenvalue weighted by Crippen LogP contribution is 2.39. The molecule has 5 heteroatoms. The maximum atomic E-state index is 13.1. The summed E-state index contributed by atoms with van der Waals surface area (Å²) in [6, 6.07) is 2.81. The predicted octanol–water partition coefficient (Wildman–Crippen LogP) is 3.30. The van der Waals surface area contributed by atoms with E-state index in [-0.39, 0.29) is 16.2 Å². The van der Waals surface area contributed by atoms with E-state index in [0.29, 0.717) is 5.69 Å². The Morgan fingerprint density at radius 2 is 2.33 bits per heavy atom. The van der Waals surface area contributed by atoms with Crippen molar-refractivity contribution >= 4 is 35.0 Å². The van der Waals surface area contributed by atoms with Gasteiger partial charge in [0.1, 0.15) is 5.82 Å². The van der Waals surface area contributed by atoms with Crippen LogP contribution in [-0.4, -0.2) is 11.2 Å². The lowest BCUT2D eigenvalue weighted by Crippen LogP contribution is -2.28. The number of anilines is 1. The number of thioether (sulfide) groups is 1. The van der Waals surface area contributed by atoms with Crippen LogP contribution in [0, 0.1) is 5.82 Å². The number of carbonyl (C=O) groups is 1. The number of fused-ring (bicyclic) bond motifs is 1. The summed E-state index contributed by atoms with van der Waals surface area (Å²) in [5.41, 5.74) is 0.511. The van der Waals surface area contributed by atoms with Crippen LogP contribution in [-0.2, 0) is 4.79 Å². The Morgan fingerprint density at radius 3 is 3.00 bits per heavy atom. The van der Waals surface area contributed by atoms with E-state index in [4.69, 9.17) is 11.6 Å². The first-order valence-electron chi connectivity index (χ1n) is 4.58. The zero-order valence-corrected chi connectivity index (χ0v) is 9.58. The van der Waals surface area contributed by atoms with Crippen LogP contribution < -0.4 is 5.32 Å². The normalized spacial score (nSPS) is 19.7. The van der Waals surface area contributed by atoms with Gasteiger partial charge in [-0.25, -0.2) is 4.39 Å². The Balaban J connectivity index is 2.41. The third kappa shape index (κ3) is 1.96. The molecule has 1 aliphatic heterocycles. The van der Waals surface area contributed by atoms with Crippen molar-refractivity contribution in [1.29, 1.82) is 0 Å². The second kappa shape index (κ2) is 4.02. The van der Waals surface area contributed by atoms with Crippen molar-refractivity contribution in [2.45, 2.75) is 23.5 Å². The summed E-state index contributed by atoms with van der Waals surface area (Å²) in [5, 5.41) is 2.65. The van der Waals surface area contributed by atoms with Gasteiger partial charge < -0.3 is 5.32 Å². The molecular formula is C10H9ClFNOS. The van der Waals surface area contributed by atoms with Crippen LogP contribution in [0.15, 0.2) is 17.0 Å². The molecule has 1 aliphatic rings. The molecule has 2 nitrogen and oxygen atoms in total. The number of benzene rings is 1. The van der Waals surface area contributed by atoms with Gasteiger partial charge in [-0.2, -0.15) is 0 Å². The quantitative estimate of drug-likeness (QED) is 0.823. The molecule has 15 heavy (non-hydrogen) atoms. The molecule has 0 aromatic heterocycles. The van der Waals surface area contributed by atoms with E-state index < -0.39 is 5.82 Å². The number of hydrogen-bond donors (Lipinski definition) is 1. The third-order valence-corrected chi connectivity index (χ3v) is 3.93. The van der Waals surface area contributed by atoms with Crippen molar-refractivity contribution in [2.24, 2.45) is 0 Å². The molecule has 80 valence electrons.